The molecule has 2 aromatic carbocycles. The molecule has 0 aromatic heterocycles. The lowest BCUT2D eigenvalue weighted by Crippen LogP contribution is -2.40. The van der Waals surface area contributed by atoms with Crippen LogP contribution in [-0.4, -0.2) is 63.3 Å². The molecule has 2 aromatic rings. The smallest absolute Gasteiger partial charge is 0.243 e. The van der Waals surface area contributed by atoms with Gasteiger partial charge in [0.2, 0.25) is 15.9 Å². The molecular weight excluding hydrogens is 472 g/mol. The Morgan fingerprint density at radius 2 is 1.81 bits per heavy atom. The van der Waals surface area contributed by atoms with Crippen LogP contribution < -0.4 is 10.1 Å². The molecule has 0 spiro atoms. The first kappa shape index (κ1) is 24.9. The van der Waals surface area contributed by atoms with E-state index in [1.807, 2.05) is 19.1 Å². The topological polar surface area (TPSA) is 84.9 Å². The predicted molar refractivity (Wildman–Crippen MR) is 126 cm³/mol. The molecule has 7 nitrogen and oxygen atoms in total. The Balaban J connectivity index is 1.44. The number of amides is 1. The molecule has 1 aliphatic rings. The molecule has 0 aliphatic carbocycles. The van der Waals surface area contributed by atoms with Gasteiger partial charge in [-0.15, -0.1) is 11.8 Å². The highest BCUT2D eigenvalue weighted by Gasteiger charge is 2.26. The molecule has 174 valence electrons. The molecule has 0 radical (unpaired) electrons. The predicted octanol–water partition coefficient (Wildman–Crippen LogP) is 3.43. The number of nitrogens with zero attached hydrogens (tertiary/aromatic N) is 1. The summed E-state index contributed by atoms with van der Waals surface area (Å²) in [6.07, 6.45) is 0.694. The Labute approximate surface area is 198 Å². The van der Waals surface area contributed by atoms with Gasteiger partial charge in [0, 0.05) is 23.0 Å². The molecule has 0 unspecified atom stereocenters. The minimum absolute atomic E-state index is 0.0528. The summed E-state index contributed by atoms with van der Waals surface area (Å²) in [5, 5.41) is 3.34. The number of ether oxygens (including phenoxy) is 2. The highest BCUT2D eigenvalue weighted by molar-refractivity contribution is 8.00. The average molecular weight is 499 g/mol. The minimum Gasteiger partial charge on any atom is -0.492 e. The van der Waals surface area contributed by atoms with Crippen LogP contribution in [0.25, 0.3) is 0 Å². The minimum atomic E-state index is -3.52. The lowest BCUT2D eigenvalue weighted by Gasteiger charge is -2.26. The van der Waals surface area contributed by atoms with Crippen molar-refractivity contribution >= 4 is 39.3 Å². The summed E-state index contributed by atoms with van der Waals surface area (Å²) < 4.78 is 37.6. The van der Waals surface area contributed by atoms with Gasteiger partial charge < -0.3 is 14.8 Å². The third-order valence-electron chi connectivity index (χ3n) is 4.86. The third kappa shape index (κ3) is 6.86. The van der Waals surface area contributed by atoms with Gasteiger partial charge in [0.25, 0.3) is 0 Å². The fourth-order valence-electron chi connectivity index (χ4n) is 3.10. The van der Waals surface area contributed by atoms with Crippen LogP contribution in [0.15, 0.2) is 58.3 Å². The maximum absolute atomic E-state index is 12.6. The molecule has 1 saturated heterocycles. The van der Waals surface area contributed by atoms with Crippen LogP contribution in [-0.2, 0) is 19.6 Å². The highest BCUT2D eigenvalue weighted by Crippen LogP contribution is 2.26. The summed E-state index contributed by atoms with van der Waals surface area (Å²) >= 11 is 7.40. The SMILES string of the molecule is CC[C@@H](Sc1ccc(Cl)cc1)C(=O)NCCOc1ccc(S(=O)(=O)N2CCOCC2)cc1. The van der Waals surface area contributed by atoms with Crippen molar-refractivity contribution in [1.29, 1.82) is 0 Å². The zero-order valence-electron chi connectivity index (χ0n) is 17.8. The molecule has 10 heteroatoms. The van der Waals surface area contributed by atoms with E-state index in [0.717, 1.165) is 4.90 Å². The Morgan fingerprint density at radius 1 is 1.16 bits per heavy atom. The Morgan fingerprint density at radius 3 is 2.44 bits per heavy atom. The van der Waals surface area contributed by atoms with Gasteiger partial charge in [-0.3, -0.25) is 4.79 Å². The van der Waals surface area contributed by atoms with Crippen molar-refractivity contribution in [2.45, 2.75) is 28.4 Å². The summed E-state index contributed by atoms with van der Waals surface area (Å²) in [7, 11) is -3.52. The van der Waals surface area contributed by atoms with Crippen molar-refractivity contribution in [3.05, 3.63) is 53.6 Å². The lowest BCUT2D eigenvalue weighted by molar-refractivity contribution is -0.120. The van der Waals surface area contributed by atoms with E-state index < -0.39 is 10.0 Å². The Bertz CT molecular complexity index is 978. The second kappa shape index (κ2) is 11.9. The van der Waals surface area contributed by atoms with Crippen LogP contribution in [0.1, 0.15) is 13.3 Å². The molecule has 32 heavy (non-hydrogen) atoms. The molecule has 3 rings (SSSR count). The number of benzene rings is 2. The standard InChI is InChI=1S/C22H27ClN2O5S2/c1-2-21(31-19-7-3-17(23)4-8-19)22(26)24-11-14-30-18-5-9-20(10-6-18)32(27,28)25-12-15-29-16-13-25/h3-10,21H,2,11-16H2,1H3,(H,24,26)/t21-/m1/s1. The largest absolute Gasteiger partial charge is 0.492 e. The number of rotatable bonds is 10. The van der Waals surface area contributed by atoms with Crippen molar-refractivity contribution in [3.63, 3.8) is 0 Å². The van der Waals surface area contributed by atoms with Crippen LogP contribution in [0.4, 0.5) is 0 Å². The molecule has 1 aliphatic heterocycles. The van der Waals surface area contributed by atoms with Gasteiger partial charge in [-0.25, -0.2) is 8.42 Å². The molecule has 1 atom stereocenters. The lowest BCUT2D eigenvalue weighted by atomic mass is 10.3. The number of nitrogens with one attached hydrogen (secondary N) is 1. The van der Waals surface area contributed by atoms with E-state index in [1.54, 1.807) is 24.3 Å². The van der Waals surface area contributed by atoms with Crippen LogP contribution in [0, 0.1) is 0 Å². The van der Waals surface area contributed by atoms with Crippen LogP contribution in [0.3, 0.4) is 0 Å². The van der Waals surface area contributed by atoms with Gasteiger partial charge in [0.05, 0.1) is 29.9 Å². The van der Waals surface area contributed by atoms with Crippen molar-refractivity contribution in [2.24, 2.45) is 0 Å². The first-order chi connectivity index (χ1) is 15.4. The number of thioether (sulfide) groups is 1. The second-order valence-corrected chi connectivity index (χ2v) is 10.7. The van der Waals surface area contributed by atoms with Gasteiger partial charge in [0.1, 0.15) is 12.4 Å². The molecule has 1 amide bonds. The van der Waals surface area contributed by atoms with Gasteiger partial charge >= 0.3 is 0 Å². The summed E-state index contributed by atoms with van der Waals surface area (Å²) in [5.41, 5.74) is 0. The molecule has 0 bridgehead atoms. The number of carbonyl (C=O) groups excluding carboxylic acids is 1. The summed E-state index contributed by atoms with van der Waals surface area (Å²) in [4.78, 5) is 13.7. The first-order valence-corrected chi connectivity index (χ1v) is 13.1. The Hall–Kier alpha value is -1.78. The number of carbonyl (C=O) groups is 1. The van der Waals surface area contributed by atoms with Crippen molar-refractivity contribution in [2.75, 3.05) is 39.5 Å². The maximum atomic E-state index is 12.6. The van der Waals surface area contributed by atoms with E-state index in [-0.39, 0.29) is 22.7 Å². The van der Waals surface area contributed by atoms with Gasteiger partial charge in [-0.1, -0.05) is 18.5 Å². The van der Waals surface area contributed by atoms with E-state index in [4.69, 9.17) is 21.1 Å². The average Bonchev–Trinajstić information content (AvgIpc) is 2.82. The van der Waals surface area contributed by atoms with Gasteiger partial charge in [0.15, 0.2) is 0 Å². The van der Waals surface area contributed by atoms with E-state index >= 15 is 0 Å². The molecule has 1 N–H and O–H groups in total. The number of hydrogen-bond donors (Lipinski definition) is 1. The zero-order chi connectivity index (χ0) is 23.0. The second-order valence-electron chi connectivity index (χ2n) is 7.10. The highest BCUT2D eigenvalue weighted by atomic mass is 35.5. The maximum Gasteiger partial charge on any atom is 0.243 e. The normalized spacial score (nSPS) is 15.8. The van der Waals surface area contributed by atoms with Crippen LogP contribution in [0.5, 0.6) is 5.75 Å². The van der Waals surface area contributed by atoms with Gasteiger partial charge in [-0.2, -0.15) is 4.31 Å². The molecule has 0 saturated carbocycles. The summed E-state index contributed by atoms with van der Waals surface area (Å²) in [6, 6.07) is 13.7. The molecule has 1 heterocycles. The monoisotopic (exact) mass is 498 g/mol. The number of halogens is 1. The van der Waals surface area contributed by atoms with E-state index in [9.17, 15) is 13.2 Å². The van der Waals surface area contributed by atoms with Crippen molar-refractivity contribution < 1.29 is 22.7 Å². The summed E-state index contributed by atoms with van der Waals surface area (Å²) in [6.45, 7) is 4.13. The fraction of sp³-hybridized carbons (Fsp3) is 0.409. The summed E-state index contributed by atoms with van der Waals surface area (Å²) in [5.74, 6) is 0.491. The zero-order valence-corrected chi connectivity index (χ0v) is 20.2. The molecular formula is C22H27ClN2O5S2. The van der Waals surface area contributed by atoms with Crippen LogP contribution in [0.2, 0.25) is 5.02 Å². The number of morpholine rings is 1. The van der Waals surface area contributed by atoms with Crippen LogP contribution >= 0.6 is 23.4 Å². The fourth-order valence-corrected chi connectivity index (χ4v) is 5.61. The van der Waals surface area contributed by atoms with E-state index in [2.05, 4.69) is 5.32 Å². The van der Waals surface area contributed by atoms with Crippen molar-refractivity contribution in [3.8, 4) is 5.75 Å². The number of sulfonamides is 1. The first-order valence-electron chi connectivity index (χ1n) is 10.4. The quantitative estimate of drug-likeness (QED) is 0.399. The third-order valence-corrected chi connectivity index (χ3v) is 8.40. The van der Waals surface area contributed by atoms with Gasteiger partial charge in [-0.05, 0) is 55.0 Å². The Kier molecular flexibility index (Phi) is 9.24. The van der Waals surface area contributed by atoms with E-state index in [1.165, 1.54) is 28.2 Å². The molecule has 1 fully saturated rings. The van der Waals surface area contributed by atoms with Crippen molar-refractivity contribution in [1.82, 2.24) is 9.62 Å². The van der Waals surface area contributed by atoms with E-state index in [0.29, 0.717) is 50.0 Å². The number of hydrogen-bond acceptors (Lipinski definition) is 6.